The lowest BCUT2D eigenvalue weighted by atomic mass is 9.76. The summed E-state index contributed by atoms with van der Waals surface area (Å²) in [4.78, 5) is 10.5. The van der Waals surface area contributed by atoms with E-state index in [4.69, 9.17) is 9.47 Å². The maximum absolute atomic E-state index is 10.8. The molecule has 2 aliphatic rings. The summed E-state index contributed by atoms with van der Waals surface area (Å²) in [6, 6.07) is 6.58. The van der Waals surface area contributed by atoms with Gasteiger partial charge in [0.15, 0.2) is 6.29 Å². The fourth-order valence-corrected chi connectivity index (χ4v) is 4.23. The van der Waals surface area contributed by atoms with Gasteiger partial charge in [-0.2, -0.15) is 0 Å². The van der Waals surface area contributed by atoms with Gasteiger partial charge in [-0.25, -0.2) is 0 Å². The van der Waals surface area contributed by atoms with Crippen LogP contribution in [-0.2, 0) is 9.47 Å². The Morgan fingerprint density at radius 2 is 1.79 bits per heavy atom. The third-order valence-corrected chi connectivity index (χ3v) is 5.64. The normalized spacial score (nSPS) is 30.1. The van der Waals surface area contributed by atoms with E-state index in [0.717, 1.165) is 24.8 Å². The second-order valence-electron chi connectivity index (χ2n) is 6.98. The van der Waals surface area contributed by atoms with Gasteiger partial charge in [0.2, 0.25) is 0 Å². The number of hydrogen-bond donors (Lipinski definition) is 0. The van der Waals surface area contributed by atoms with Crippen LogP contribution in [0.3, 0.4) is 0 Å². The first-order valence-electron chi connectivity index (χ1n) is 9.19. The Morgan fingerprint density at radius 3 is 2.42 bits per heavy atom. The molecule has 1 heterocycles. The van der Waals surface area contributed by atoms with Crippen molar-refractivity contribution in [3.05, 3.63) is 39.9 Å². The number of fused-ring (bicyclic) bond motifs is 1. The molecule has 5 nitrogen and oxygen atoms in total. The van der Waals surface area contributed by atoms with Crippen molar-refractivity contribution in [3.63, 3.8) is 0 Å². The minimum atomic E-state index is -0.407. The number of nitro groups is 1. The molecule has 1 aliphatic carbocycles. The molecule has 2 fully saturated rings. The molecule has 0 N–H and O–H groups in total. The Bertz CT molecular complexity index is 555. The highest BCUT2D eigenvalue weighted by atomic mass is 16.7. The predicted octanol–water partition coefficient (Wildman–Crippen LogP) is 5.00. The van der Waals surface area contributed by atoms with E-state index < -0.39 is 6.29 Å². The minimum Gasteiger partial charge on any atom is -0.345 e. The van der Waals surface area contributed by atoms with Crippen LogP contribution in [0, 0.1) is 22.0 Å². The highest BCUT2D eigenvalue weighted by molar-refractivity contribution is 5.33. The summed E-state index contributed by atoms with van der Waals surface area (Å²) < 4.78 is 12.6. The average molecular weight is 333 g/mol. The maximum Gasteiger partial charge on any atom is 0.269 e. The van der Waals surface area contributed by atoms with Crippen LogP contribution in [-0.4, -0.2) is 17.1 Å². The number of nitrogens with zero attached hydrogens (tertiary/aromatic N) is 1. The molecular weight excluding hydrogens is 306 g/mol. The SMILES string of the molecule is CCC(CC)[C@@H]1O[C@H](c2ccc([N+](=O)[O-])cc2)O[C@H]2CCCC[C@@H]21. The molecule has 1 aromatic carbocycles. The van der Waals surface area contributed by atoms with E-state index in [-0.39, 0.29) is 22.8 Å². The molecule has 3 rings (SSSR count). The van der Waals surface area contributed by atoms with Gasteiger partial charge in [0.25, 0.3) is 5.69 Å². The number of ether oxygens (including phenoxy) is 2. The number of hydrogen-bond acceptors (Lipinski definition) is 4. The van der Waals surface area contributed by atoms with Gasteiger partial charge in [-0.05, 0) is 30.9 Å². The Morgan fingerprint density at radius 1 is 1.12 bits per heavy atom. The van der Waals surface area contributed by atoms with Crippen LogP contribution in [0.25, 0.3) is 0 Å². The molecule has 0 aromatic heterocycles. The summed E-state index contributed by atoms with van der Waals surface area (Å²) in [5, 5.41) is 10.8. The second kappa shape index (κ2) is 7.62. The molecule has 24 heavy (non-hydrogen) atoms. The van der Waals surface area contributed by atoms with Crippen LogP contribution in [0.15, 0.2) is 24.3 Å². The number of rotatable bonds is 5. The Labute approximate surface area is 143 Å². The third-order valence-electron chi connectivity index (χ3n) is 5.64. The van der Waals surface area contributed by atoms with Crippen molar-refractivity contribution in [1.29, 1.82) is 0 Å². The Balaban J connectivity index is 1.82. The molecule has 0 unspecified atom stereocenters. The summed E-state index contributed by atoms with van der Waals surface area (Å²) in [6.07, 6.45) is 7.02. The number of benzene rings is 1. The Hall–Kier alpha value is -1.46. The van der Waals surface area contributed by atoms with Gasteiger partial charge in [-0.1, -0.05) is 39.5 Å². The molecule has 132 valence electrons. The van der Waals surface area contributed by atoms with Gasteiger partial charge in [0.05, 0.1) is 17.1 Å². The molecular formula is C19H27NO4. The van der Waals surface area contributed by atoms with Crippen molar-refractivity contribution in [2.45, 2.75) is 70.9 Å². The van der Waals surface area contributed by atoms with Crippen LogP contribution in [0.2, 0.25) is 0 Å². The van der Waals surface area contributed by atoms with E-state index in [1.165, 1.54) is 31.4 Å². The van der Waals surface area contributed by atoms with Crippen LogP contribution < -0.4 is 0 Å². The second-order valence-corrected chi connectivity index (χ2v) is 6.98. The van der Waals surface area contributed by atoms with Crippen molar-refractivity contribution in [1.82, 2.24) is 0 Å². The molecule has 0 spiro atoms. The molecule has 0 amide bonds. The maximum atomic E-state index is 10.8. The van der Waals surface area contributed by atoms with Crippen molar-refractivity contribution in [2.75, 3.05) is 0 Å². The third kappa shape index (κ3) is 3.47. The molecule has 1 saturated carbocycles. The number of nitro benzene ring substituents is 1. The van der Waals surface area contributed by atoms with Gasteiger partial charge in [0, 0.05) is 23.6 Å². The zero-order valence-electron chi connectivity index (χ0n) is 14.5. The van der Waals surface area contributed by atoms with Crippen LogP contribution in [0.4, 0.5) is 5.69 Å². The number of non-ortho nitro benzene ring substituents is 1. The average Bonchev–Trinajstić information content (AvgIpc) is 2.62. The highest BCUT2D eigenvalue weighted by Crippen LogP contribution is 2.44. The lowest BCUT2D eigenvalue weighted by molar-refractivity contribution is -0.384. The van der Waals surface area contributed by atoms with E-state index in [1.54, 1.807) is 12.1 Å². The van der Waals surface area contributed by atoms with Gasteiger partial charge in [-0.15, -0.1) is 0 Å². The largest absolute Gasteiger partial charge is 0.345 e. The van der Waals surface area contributed by atoms with E-state index in [2.05, 4.69) is 13.8 Å². The minimum absolute atomic E-state index is 0.0987. The molecule has 0 bridgehead atoms. The van der Waals surface area contributed by atoms with E-state index in [0.29, 0.717) is 11.8 Å². The monoisotopic (exact) mass is 333 g/mol. The van der Waals surface area contributed by atoms with Gasteiger partial charge in [-0.3, -0.25) is 10.1 Å². The van der Waals surface area contributed by atoms with E-state index >= 15 is 0 Å². The van der Waals surface area contributed by atoms with E-state index in [9.17, 15) is 10.1 Å². The van der Waals surface area contributed by atoms with Crippen LogP contribution in [0.5, 0.6) is 0 Å². The van der Waals surface area contributed by atoms with Gasteiger partial charge in [0.1, 0.15) is 0 Å². The Kier molecular flexibility index (Phi) is 5.51. The topological polar surface area (TPSA) is 61.6 Å². The van der Waals surface area contributed by atoms with Crippen LogP contribution >= 0.6 is 0 Å². The summed E-state index contributed by atoms with van der Waals surface area (Å²) >= 11 is 0. The summed E-state index contributed by atoms with van der Waals surface area (Å²) in [6.45, 7) is 4.46. The molecule has 4 atom stereocenters. The smallest absolute Gasteiger partial charge is 0.269 e. The molecule has 1 saturated heterocycles. The van der Waals surface area contributed by atoms with Crippen molar-refractivity contribution < 1.29 is 14.4 Å². The first-order chi connectivity index (χ1) is 11.6. The lowest BCUT2D eigenvalue weighted by Gasteiger charge is -2.47. The van der Waals surface area contributed by atoms with Crippen LogP contribution in [0.1, 0.15) is 64.2 Å². The fourth-order valence-electron chi connectivity index (χ4n) is 4.23. The fraction of sp³-hybridized carbons (Fsp3) is 0.684. The van der Waals surface area contributed by atoms with Crippen molar-refractivity contribution in [2.24, 2.45) is 11.8 Å². The highest BCUT2D eigenvalue weighted by Gasteiger charge is 2.43. The quantitative estimate of drug-likeness (QED) is 0.561. The zero-order valence-corrected chi connectivity index (χ0v) is 14.5. The van der Waals surface area contributed by atoms with E-state index in [1.807, 2.05) is 0 Å². The first kappa shape index (κ1) is 17.4. The lowest BCUT2D eigenvalue weighted by Crippen LogP contribution is -2.47. The molecule has 5 heteroatoms. The summed E-state index contributed by atoms with van der Waals surface area (Å²) in [5.41, 5.74) is 0.974. The zero-order chi connectivity index (χ0) is 17.1. The molecule has 0 radical (unpaired) electrons. The molecule has 1 aromatic rings. The summed E-state index contributed by atoms with van der Waals surface area (Å²) in [7, 11) is 0. The van der Waals surface area contributed by atoms with Crippen molar-refractivity contribution in [3.8, 4) is 0 Å². The summed E-state index contributed by atoms with van der Waals surface area (Å²) in [5.74, 6) is 1.03. The van der Waals surface area contributed by atoms with Gasteiger partial charge < -0.3 is 9.47 Å². The molecule has 1 aliphatic heterocycles. The first-order valence-corrected chi connectivity index (χ1v) is 9.19. The standard InChI is InChI=1S/C19H27NO4/c1-3-13(4-2)18-16-7-5-6-8-17(16)23-19(24-18)14-9-11-15(12-10-14)20(21)22/h9-13,16-19H,3-8H2,1-2H3/t16-,17-,18-,19+/m0/s1. The predicted molar refractivity (Wildman–Crippen MR) is 91.6 cm³/mol. The van der Waals surface area contributed by atoms with Gasteiger partial charge >= 0.3 is 0 Å². The van der Waals surface area contributed by atoms with Crippen molar-refractivity contribution >= 4 is 5.69 Å².